The Labute approximate surface area is 203 Å². The normalized spacial score (nSPS) is 14.8. The monoisotopic (exact) mass is 466 g/mol. The van der Waals surface area contributed by atoms with Crippen LogP contribution >= 0.6 is 0 Å². The van der Waals surface area contributed by atoms with Crippen molar-refractivity contribution in [1.29, 1.82) is 0 Å². The van der Waals surface area contributed by atoms with Crippen LogP contribution in [0.3, 0.4) is 0 Å². The second kappa shape index (κ2) is 9.56. The number of aliphatic hydroxyl groups is 1. The summed E-state index contributed by atoms with van der Waals surface area (Å²) in [5.74, 6) is 0.00118. The van der Waals surface area contributed by atoms with Crippen molar-refractivity contribution >= 4 is 34.1 Å². The van der Waals surface area contributed by atoms with Crippen LogP contribution in [0.25, 0.3) is 10.8 Å². The highest BCUT2D eigenvalue weighted by atomic mass is 16.3. The number of benzene rings is 3. The summed E-state index contributed by atoms with van der Waals surface area (Å²) >= 11 is 0. The van der Waals surface area contributed by atoms with Crippen molar-refractivity contribution in [2.45, 2.75) is 30.9 Å². The minimum atomic E-state index is -1.52. The third kappa shape index (κ3) is 5.00. The number of anilines is 2. The molecule has 2 unspecified atom stereocenters. The Morgan fingerprint density at radius 3 is 2.43 bits per heavy atom. The molecule has 7 heteroatoms. The fraction of sp³-hybridized carbons (Fsp3) is 0.179. The molecular formula is C28H26N4O3. The van der Waals surface area contributed by atoms with Gasteiger partial charge in [-0.3, -0.25) is 9.59 Å². The zero-order valence-electron chi connectivity index (χ0n) is 19.0. The smallest absolute Gasteiger partial charge is 0.255 e. The number of hydrogen-bond acceptors (Lipinski definition) is 5. The Bertz CT molecular complexity index is 1370. The van der Waals surface area contributed by atoms with Crippen LogP contribution in [0, 0.1) is 0 Å². The number of fused-ring (bicyclic) bond motifs is 1. The summed E-state index contributed by atoms with van der Waals surface area (Å²) in [6, 6.07) is 22.5. The first-order valence-electron chi connectivity index (χ1n) is 11.6. The summed E-state index contributed by atoms with van der Waals surface area (Å²) in [4.78, 5) is 30.1. The van der Waals surface area contributed by atoms with Gasteiger partial charge in [-0.2, -0.15) is 0 Å². The summed E-state index contributed by atoms with van der Waals surface area (Å²) in [7, 11) is 0. The number of aromatic nitrogens is 1. The molecule has 5 N–H and O–H groups in total. The van der Waals surface area contributed by atoms with Gasteiger partial charge in [0, 0.05) is 22.8 Å². The Balaban J connectivity index is 1.35. The number of nitrogens with zero attached hydrogens (tertiary/aromatic N) is 1. The third-order valence-corrected chi connectivity index (χ3v) is 6.31. The molecule has 1 heterocycles. The maximum atomic E-state index is 13.0. The third-order valence-electron chi connectivity index (χ3n) is 6.31. The van der Waals surface area contributed by atoms with Gasteiger partial charge in [-0.05, 0) is 71.7 Å². The van der Waals surface area contributed by atoms with Crippen LogP contribution in [-0.4, -0.2) is 28.0 Å². The predicted octanol–water partition coefficient (Wildman–Crippen LogP) is 4.17. The Morgan fingerprint density at radius 2 is 1.71 bits per heavy atom. The van der Waals surface area contributed by atoms with Crippen molar-refractivity contribution in [3.05, 3.63) is 102 Å². The van der Waals surface area contributed by atoms with E-state index in [0.717, 1.165) is 10.8 Å². The summed E-state index contributed by atoms with van der Waals surface area (Å²) < 4.78 is 0. The average Bonchev–Trinajstić information content (AvgIpc) is 3.73. The number of rotatable bonds is 7. The number of carbonyl (C=O) groups is 2. The average molecular weight is 467 g/mol. The van der Waals surface area contributed by atoms with Gasteiger partial charge in [0.15, 0.2) is 6.10 Å². The molecule has 0 spiro atoms. The lowest BCUT2D eigenvalue weighted by atomic mass is 9.99. The fourth-order valence-electron chi connectivity index (χ4n) is 4.20. The second-order valence-electron chi connectivity index (χ2n) is 8.82. The van der Waals surface area contributed by atoms with E-state index in [9.17, 15) is 14.7 Å². The molecule has 176 valence electrons. The van der Waals surface area contributed by atoms with E-state index in [1.807, 2.05) is 18.2 Å². The summed E-state index contributed by atoms with van der Waals surface area (Å²) in [6.07, 6.45) is 2.44. The topological polar surface area (TPSA) is 117 Å². The molecule has 4 aromatic rings. The first-order valence-corrected chi connectivity index (χ1v) is 11.6. The molecule has 2 amide bonds. The van der Waals surface area contributed by atoms with Gasteiger partial charge < -0.3 is 21.5 Å². The van der Waals surface area contributed by atoms with E-state index in [-0.39, 0.29) is 5.91 Å². The maximum absolute atomic E-state index is 13.0. The quantitative estimate of drug-likeness (QED) is 0.326. The van der Waals surface area contributed by atoms with Crippen LogP contribution in [0.1, 0.15) is 46.3 Å². The molecule has 1 aromatic heterocycles. The molecule has 1 saturated carbocycles. The van der Waals surface area contributed by atoms with Gasteiger partial charge in [0.25, 0.3) is 11.8 Å². The van der Waals surface area contributed by atoms with E-state index in [4.69, 9.17) is 5.73 Å². The molecule has 0 radical (unpaired) electrons. The zero-order valence-corrected chi connectivity index (χ0v) is 19.0. The highest BCUT2D eigenvalue weighted by molar-refractivity contribution is 6.00. The standard InChI is InChI=1S/C28H26N4O3/c29-26-23-13-12-22(16-21(23)14-15-30-26)31-28(35)25(33)24(19-4-2-1-3-5-19)32-27(34)20-10-8-18(9-11-20)17-6-7-17/h1-5,8-17,24-25,33H,6-7H2,(H2,29,30)(H,31,35)(H,32,34). The number of amides is 2. The van der Waals surface area contributed by atoms with Crippen molar-refractivity contribution in [2.75, 3.05) is 11.1 Å². The number of nitrogens with two attached hydrogens (primary N) is 1. The van der Waals surface area contributed by atoms with E-state index < -0.39 is 18.1 Å². The van der Waals surface area contributed by atoms with Gasteiger partial charge in [-0.1, -0.05) is 42.5 Å². The maximum Gasteiger partial charge on any atom is 0.255 e. The van der Waals surface area contributed by atoms with Crippen molar-refractivity contribution < 1.29 is 14.7 Å². The van der Waals surface area contributed by atoms with Crippen LogP contribution in [0.15, 0.2) is 85.1 Å². The van der Waals surface area contributed by atoms with Crippen LogP contribution in [0.4, 0.5) is 11.5 Å². The Hall–Kier alpha value is -4.23. The van der Waals surface area contributed by atoms with Gasteiger partial charge in [0.1, 0.15) is 5.82 Å². The molecule has 0 bridgehead atoms. The molecule has 3 aromatic carbocycles. The highest BCUT2D eigenvalue weighted by Gasteiger charge is 2.30. The minimum absolute atomic E-state index is 0.360. The van der Waals surface area contributed by atoms with E-state index in [0.29, 0.717) is 28.6 Å². The predicted molar refractivity (Wildman–Crippen MR) is 136 cm³/mol. The number of pyridine rings is 1. The fourth-order valence-corrected chi connectivity index (χ4v) is 4.20. The summed E-state index contributed by atoms with van der Waals surface area (Å²) in [5.41, 5.74) is 8.73. The first kappa shape index (κ1) is 22.6. The van der Waals surface area contributed by atoms with Crippen molar-refractivity contribution in [3.63, 3.8) is 0 Å². The number of nitrogen functional groups attached to an aromatic ring is 1. The van der Waals surface area contributed by atoms with E-state index in [2.05, 4.69) is 15.6 Å². The number of nitrogens with one attached hydrogen (secondary N) is 2. The van der Waals surface area contributed by atoms with Crippen LogP contribution in [0.5, 0.6) is 0 Å². The molecule has 2 atom stereocenters. The van der Waals surface area contributed by atoms with Crippen molar-refractivity contribution in [2.24, 2.45) is 0 Å². The molecule has 35 heavy (non-hydrogen) atoms. The molecule has 0 saturated heterocycles. The molecular weight excluding hydrogens is 440 g/mol. The molecule has 7 nitrogen and oxygen atoms in total. The van der Waals surface area contributed by atoms with Gasteiger partial charge in [-0.15, -0.1) is 0 Å². The van der Waals surface area contributed by atoms with Crippen molar-refractivity contribution in [1.82, 2.24) is 10.3 Å². The molecule has 0 aliphatic heterocycles. The van der Waals surface area contributed by atoms with Crippen molar-refractivity contribution in [3.8, 4) is 0 Å². The lowest BCUT2D eigenvalue weighted by Gasteiger charge is -2.24. The Morgan fingerprint density at radius 1 is 0.971 bits per heavy atom. The summed E-state index contributed by atoms with van der Waals surface area (Å²) in [6.45, 7) is 0. The lowest BCUT2D eigenvalue weighted by molar-refractivity contribution is -0.125. The molecule has 1 aliphatic rings. The summed E-state index contributed by atoms with van der Waals surface area (Å²) in [5, 5.41) is 18.2. The van der Waals surface area contributed by atoms with Gasteiger partial charge in [0.2, 0.25) is 0 Å². The van der Waals surface area contributed by atoms with Crippen LogP contribution in [-0.2, 0) is 4.79 Å². The van der Waals surface area contributed by atoms with E-state index >= 15 is 0 Å². The van der Waals surface area contributed by atoms with Gasteiger partial charge in [-0.25, -0.2) is 4.98 Å². The lowest BCUT2D eigenvalue weighted by Crippen LogP contribution is -2.42. The SMILES string of the molecule is Nc1nccc2cc(NC(=O)C(O)C(NC(=O)c3ccc(C4CC4)cc3)c3ccccc3)ccc12. The number of hydrogen-bond donors (Lipinski definition) is 4. The molecule has 1 aliphatic carbocycles. The van der Waals surface area contributed by atoms with E-state index in [1.165, 1.54) is 18.4 Å². The van der Waals surface area contributed by atoms with Gasteiger partial charge in [0.05, 0.1) is 6.04 Å². The number of aliphatic hydroxyl groups excluding tert-OH is 1. The largest absolute Gasteiger partial charge is 0.383 e. The van der Waals surface area contributed by atoms with Crippen LogP contribution in [0.2, 0.25) is 0 Å². The second-order valence-corrected chi connectivity index (χ2v) is 8.82. The number of carbonyl (C=O) groups excluding carboxylic acids is 2. The molecule has 1 fully saturated rings. The minimum Gasteiger partial charge on any atom is -0.383 e. The Kier molecular flexibility index (Phi) is 6.16. The molecule has 5 rings (SSSR count). The van der Waals surface area contributed by atoms with E-state index in [1.54, 1.807) is 66.9 Å². The highest BCUT2D eigenvalue weighted by Crippen LogP contribution is 2.39. The zero-order chi connectivity index (χ0) is 24.4. The first-order chi connectivity index (χ1) is 17.0. The van der Waals surface area contributed by atoms with Gasteiger partial charge >= 0.3 is 0 Å². The van der Waals surface area contributed by atoms with Crippen LogP contribution < -0.4 is 16.4 Å².